The summed E-state index contributed by atoms with van der Waals surface area (Å²) < 4.78 is 64.2. The van der Waals surface area contributed by atoms with Gasteiger partial charge in [-0.1, -0.05) is 0 Å². The highest BCUT2D eigenvalue weighted by Gasteiger charge is 2.60. The average Bonchev–Trinajstić information content (AvgIpc) is 1.58. The van der Waals surface area contributed by atoms with Crippen molar-refractivity contribution in [2.75, 3.05) is 0 Å². The second-order valence-electron chi connectivity index (χ2n) is 1.38. The van der Waals surface area contributed by atoms with Gasteiger partial charge in [0, 0.05) is 0 Å². The zero-order valence-electron chi connectivity index (χ0n) is 5.22. The fraction of sp³-hybridized carbons (Fsp3) is 1.00. The molecular weight excluding hydrogens is 227 g/mol. The predicted molar refractivity (Wildman–Crippen MR) is 25.9 cm³/mol. The molecule has 62 valence electrons. The van der Waals surface area contributed by atoms with Crippen molar-refractivity contribution < 1.29 is 28.4 Å². The second-order valence-corrected chi connectivity index (χ2v) is 2.07. The third kappa shape index (κ3) is 1.79. The summed E-state index contributed by atoms with van der Waals surface area (Å²) in [7, 11) is 0. The van der Waals surface area contributed by atoms with Gasteiger partial charge in [-0.3, -0.25) is 0 Å². The lowest BCUT2D eigenvalue weighted by molar-refractivity contribution is -0.331. The first-order valence-corrected chi connectivity index (χ1v) is 2.65. The molecule has 0 bridgehead atoms. The molecule has 0 aliphatic heterocycles. The van der Waals surface area contributed by atoms with Crippen molar-refractivity contribution >= 4 is 15.9 Å². The van der Waals surface area contributed by atoms with Crippen LogP contribution in [0.5, 0.6) is 0 Å². The summed E-state index contributed by atoms with van der Waals surface area (Å²) >= 11 is 1.35. The Bertz CT molecular complexity index is 133. The minimum Gasteiger partial charge on any atom is -0.331 e. The molecule has 0 aromatic carbocycles. The molecule has 1 N–H and O–H groups in total. The maximum absolute atomic E-state index is 11.9. The van der Waals surface area contributed by atoms with Crippen LogP contribution in [0.3, 0.4) is 0 Å². The summed E-state index contributed by atoms with van der Waals surface area (Å²) in [6, 6.07) is 0. The van der Waals surface area contributed by atoms with Gasteiger partial charge in [0.15, 0.2) is 0 Å². The molecule has 0 radical (unpaired) electrons. The third-order valence-electron chi connectivity index (χ3n) is 0.615. The Morgan fingerprint density at radius 1 is 1.40 bits per heavy atom. The van der Waals surface area contributed by atoms with Crippen LogP contribution in [-0.4, -0.2) is 22.2 Å². The smallest absolute Gasteiger partial charge is 0.331 e. The van der Waals surface area contributed by atoms with E-state index < -0.39 is 17.1 Å². The van der Waals surface area contributed by atoms with Crippen molar-refractivity contribution in [3.8, 4) is 0 Å². The lowest BCUT2D eigenvalue weighted by Crippen LogP contribution is -2.45. The average molecular weight is 230 g/mol. The minimum absolute atomic E-state index is 1.35. The fourth-order valence-corrected chi connectivity index (χ4v) is 0.352. The Balaban J connectivity index is 4.75. The van der Waals surface area contributed by atoms with Crippen molar-refractivity contribution in [2.45, 2.75) is 17.1 Å². The van der Waals surface area contributed by atoms with Crippen LogP contribution in [0.1, 0.15) is 1.37 Å². The molecule has 1 nitrogen and oxygen atoms in total. The molecular formula is C3H2BrF5O. The van der Waals surface area contributed by atoms with Gasteiger partial charge in [0.05, 0.1) is 1.37 Å². The number of rotatable bonds is 2. The number of alkyl halides is 6. The summed E-state index contributed by atoms with van der Waals surface area (Å²) in [5.41, 5.74) is 0. The Morgan fingerprint density at radius 2 is 1.70 bits per heavy atom. The monoisotopic (exact) mass is 229 g/mol. The first kappa shape index (κ1) is 8.19. The van der Waals surface area contributed by atoms with E-state index >= 15 is 0 Å². The van der Waals surface area contributed by atoms with Gasteiger partial charge in [-0.15, -0.1) is 0 Å². The Labute approximate surface area is 62.4 Å². The molecule has 0 rings (SSSR count). The molecule has 0 saturated heterocycles. The first-order chi connectivity index (χ1) is 4.50. The van der Waals surface area contributed by atoms with E-state index in [0.717, 1.165) is 0 Å². The Hall–Kier alpha value is 0.0900. The van der Waals surface area contributed by atoms with Crippen LogP contribution in [0.15, 0.2) is 0 Å². The summed E-state index contributed by atoms with van der Waals surface area (Å²) in [6.45, 7) is 0. The number of aliphatic hydroxyl groups is 1. The first-order valence-electron chi connectivity index (χ1n) is 2.36. The van der Waals surface area contributed by atoms with Gasteiger partial charge in [-0.25, -0.2) is 4.39 Å². The highest BCUT2D eigenvalue weighted by molar-refractivity contribution is 9.09. The van der Waals surface area contributed by atoms with E-state index in [0.29, 0.717) is 0 Å². The van der Waals surface area contributed by atoms with Gasteiger partial charge < -0.3 is 5.11 Å². The van der Waals surface area contributed by atoms with Gasteiger partial charge in [0.2, 0.25) is 5.06 Å². The number of hydrogen-bond donors (Lipinski definition) is 1. The minimum atomic E-state index is -5.56. The number of hydrogen-bond acceptors (Lipinski definition) is 1. The molecule has 0 saturated carbocycles. The van der Waals surface area contributed by atoms with E-state index in [1.165, 1.54) is 15.9 Å². The topological polar surface area (TPSA) is 20.2 Å². The summed E-state index contributed by atoms with van der Waals surface area (Å²) in [6.07, 6.45) is -5.56. The molecule has 0 heterocycles. The summed E-state index contributed by atoms with van der Waals surface area (Å²) in [4.78, 5) is 0. The molecule has 10 heavy (non-hydrogen) atoms. The predicted octanol–water partition coefficient (Wildman–Crippen LogP) is 1.90. The van der Waals surface area contributed by atoms with Crippen molar-refractivity contribution in [3.05, 3.63) is 0 Å². The number of halogens is 6. The molecule has 0 aliphatic rings. The quantitative estimate of drug-likeness (QED) is 0.567. The van der Waals surface area contributed by atoms with E-state index in [2.05, 4.69) is 0 Å². The molecule has 0 spiro atoms. The van der Waals surface area contributed by atoms with Crippen LogP contribution >= 0.6 is 15.9 Å². The van der Waals surface area contributed by atoms with E-state index in [9.17, 15) is 22.0 Å². The highest BCUT2D eigenvalue weighted by atomic mass is 79.9. The largest absolute Gasteiger partial charge is 0.420 e. The fourth-order valence-electron chi connectivity index (χ4n) is 0.114. The third-order valence-corrected chi connectivity index (χ3v) is 1.11. The van der Waals surface area contributed by atoms with E-state index in [1.807, 2.05) is 0 Å². The van der Waals surface area contributed by atoms with Crippen molar-refractivity contribution in [2.24, 2.45) is 0 Å². The van der Waals surface area contributed by atoms with Gasteiger partial charge in [-0.2, -0.15) is 17.6 Å². The van der Waals surface area contributed by atoms with Crippen LogP contribution < -0.4 is 0 Å². The standard InChI is InChI=1S/C3H2BrF5O/c4-1(5)2(6,7)3(8,9)10/h1,10H/i1D. The SMILES string of the molecule is [2H]C(F)(Br)C(F)(F)C(O)(F)F. The van der Waals surface area contributed by atoms with Gasteiger partial charge in [-0.05, 0) is 15.9 Å². The van der Waals surface area contributed by atoms with E-state index in [1.54, 1.807) is 0 Å². The molecule has 0 aromatic heterocycles. The Kier molecular flexibility index (Phi) is 2.14. The Morgan fingerprint density at radius 3 is 1.70 bits per heavy atom. The summed E-state index contributed by atoms with van der Waals surface area (Å²) in [5.74, 6) is -5.49. The zero-order valence-corrected chi connectivity index (χ0v) is 5.80. The van der Waals surface area contributed by atoms with Crippen molar-refractivity contribution in [1.82, 2.24) is 0 Å². The molecule has 1 unspecified atom stereocenters. The van der Waals surface area contributed by atoms with Gasteiger partial charge in [0.25, 0.3) is 0 Å². The van der Waals surface area contributed by atoms with Crippen molar-refractivity contribution in [1.29, 1.82) is 0 Å². The second kappa shape index (κ2) is 2.61. The van der Waals surface area contributed by atoms with Gasteiger partial charge >= 0.3 is 12.0 Å². The maximum Gasteiger partial charge on any atom is 0.420 e. The maximum atomic E-state index is 11.9. The lowest BCUT2D eigenvalue weighted by Gasteiger charge is -2.20. The molecule has 0 aromatic rings. The van der Waals surface area contributed by atoms with E-state index in [-0.39, 0.29) is 0 Å². The van der Waals surface area contributed by atoms with Crippen LogP contribution in [0, 0.1) is 0 Å². The van der Waals surface area contributed by atoms with Crippen LogP contribution in [0.4, 0.5) is 22.0 Å². The molecule has 0 amide bonds. The summed E-state index contributed by atoms with van der Waals surface area (Å²) in [5, 5.41) is 3.02. The molecule has 0 aliphatic carbocycles. The highest BCUT2D eigenvalue weighted by Crippen LogP contribution is 2.38. The van der Waals surface area contributed by atoms with Crippen LogP contribution in [0.25, 0.3) is 0 Å². The lowest BCUT2D eigenvalue weighted by atomic mass is 10.3. The van der Waals surface area contributed by atoms with Crippen molar-refractivity contribution in [3.63, 3.8) is 0 Å². The normalized spacial score (nSPS) is 21.7. The zero-order chi connectivity index (χ0) is 9.50. The van der Waals surface area contributed by atoms with E-state index in [4.69, 9.17) is 6.48 Å². The van der Waals surface area contributed by atoms with Gasteiger partial charge in [0.1, 0.15) is 0 Å². The van der Waals surface area contributed by atoms with Crippen LogP contribution in [-0.2, 0) is 0 Å². The van der Waals surface area contributed by atoms with Crippen LogP contribution in [0.2, 0.25) is 0 Å². The molecule has 7 heteroatoms. The molecule has 0 fully saturated rings. The molecule has 1 atom stereocenters.